The van der Waals surface area contributed by atoms with Crippen LogP contribution in [0, 0.1) is 5.92 Å². The molecule has 0 aliphatic rings. The van der Waals surface area contributed by atoms with Gasteiger partial charge in [0.1, 0.15) is 11.5 Å². The maximum Gasteiger partial charge on any atom is 0.192 e. The number of ketones is 1. The van der Waals surface area contributed by atoms with Crippen molar-refractivity contribution < 1.29 is 7.86 Å². The summed E-state index contributed by atoms with van der Waals surface area (Å²) < 4.78 is 5.17. The second kappa shape index (κ2) is 6.23. The molecule has 16 heavy (non-hydrogen) atoms. The fraction of sp³-hybridized carbons (Fsp3) is 0.462. The Bertz CT molecular complexity index is 363. The topological polar surface area (TPSA) is 26.3 Å². The van der Waals surface area contributed by atoms with E-state index in [1.807, 2.05) is 48.1 Å². The summed E-state index contributed by atoms with van der Waals surface area (Å²) in [4.78, 5) is 11.4. The standard InChI is InChI=1S/C13H17IO2/c1-4-13(9(2)10(3)15)11-6-5-7-12(8-11)16-14/h5-9,13H,4H2,1-3H3. The third kappa shape index (κ3) is 3.20. The van der Waals surface area contributed by atoms with Gasteiger partial charge in [0.05, 0.1) is 0 Å². The molecule has 1 aromatic carbocycles. The monoisotopic (exact) mass is 332 g/mol. The highest BCUT2D eigenvalue weighted by atomic mass is 127. The quantitative estimate of drug-likeness (QED) is 0.758. The summed E-state index contributed by atoms with van der Waals surface area (Å²) in [6.45, 7) is 5.77. The van der Waals surface area contributed by atoms with E-state index < -0.39 is 0 Å². The zero-order valence-electron chi connectivity index (χ0n) is 9.87. The summed E-state index contributed by atoms with van der Waals surface area (Å²) in [5, 5.41) is 0. The highest BCUT2D eigenvalue weighted by Crippen LogP contribution is 2.30. The van der Waals surface area contributed by atoms with Crippen LogP contribution in [-0.4, -0.2) is 5.78 Å². The second-order valence-corrected chi connectivity index (χ2v) is 4.50. The van der Waals surface area contributed by atoms with Crippen LogP contribution in [0.15, 0.2) is 24.3 Å². The summed E-state index contributed by atoms with van der Waals surface area (Å²) in [5.74, 6) is 1.43. The Morgan fingerprint density at radius 2 is 2.19 bits per heavy atom. The molecule has 2 atom stereocenters. The molecule has 0 N–H and O–H groups in total. The van der Waals surface area contributed by atoms with E-state index in [4.69, 9.17) is 3.07 Å². The van der Waals surface area contributed by atoms with Crippen molar-refractivity contribution in [3.05, 3.63) is 29.8 Å². The van der Waals surface area contributed by atoms with Gasteiger partial charge in [0.25, 0.3) is 0 Å². The first-order valence-corrected chi connectivity index (χ1v) is 6.37. The lowest BCUT2D eigenvalue weighted by atomic mass is 9.83. The lowest BCUT2D eigenvalue weighted by molar-refractivity contribution is -0.120. The summed E-state index contributed by atoms with van der Waals surface area (Å²) in [6, 6.07) is 7.97. The molecule has 0 spiro atoms. The fourth-order valence-electron chi connectivity index (χ4n) is 1.95. The average molecular weight is 332 g/mol. The van der Waals surface area contributed by atoms with Gasteiger partial charge < -0.3 is 3.07 Å². The molecular formula is C13H17IO2. The van der Waals surface area contributed by atoms with Gasteiger partial charge in [-0.15, -0.1) is 0 Å². The van der Waals surface area contributed by atoms with Crippen molar-refractivity contribution in [1.82, 2.24) is 0 Å². The molecule has 3 heteroatoms. The van der Waals surface area contributed by atoms with Gasteiger partial charge in [0.15, 0.2) is 23.0 Å². The Morgan fingerprint density at radius 1 is 1.50 bits per heavy atom. The van der Waals surface area contributed by atoms with Crippen LogP contribution >= 0.6 is 23.0 Å². The van der Waals surface area contributed by atoms with Crippen LogP contribution < -0.4 is 3.07 Å². The number of rotatable bonds is 5. The van der Waals surface area contributed by atoms with E-state index in [2.05, 4.69) is 13.0 Å². The molecule has 0 saturated carbocycles. The van der Waals surface area contributed by atoms with Gasteiger partial charge >= 0.3 is 0 Å². The van der Waals surface area contributed by atoms with E-state index in [0.717, 1.165) is 12.2 Å². The van der Waals surface area contributed by atoms with Gasteiger partial charge in [0, 0.05) is 5.92 Å². The minimum atomic E-state index is 0.0643. The van der Waals surface area contributed by atoms with Crippen molar-refractivity contribution in [3.8, 4) is 5.75 Å². The van der Waals surface area contributed by atoms with Crippen molar-refractivity contribution in [1.29, 1.82) is 0 Å². The summed E-state index contributed by atoms with van der Waals surface area (Å²) in [5.41, 5.74) is 1.18. The van der Waals surface area contributed by atoms with E-state index in [9.17, 15) is 4.79 Å². The lowest BCUT2D eigenvalue weighted by Crippen LogP contribution is -2.16. The molecule has 2 unspecified atom stereocenters. The number of hydrogen-bond acceptors (Lipinski definition) is 2. The smallest absolute Gasteiger partial charge is 0.192 e. The number of carbonyl (C=O) groups is 1. The Kier molecular flexibility index (Phi) is 5.25. The molecule has 88 valence electrons. The molecule has 0 saturated heterocycles. The number of halogens is 1. The van der Waals surface area contributed by atoms with Gasteiger partial charge in [-0.25, -0.2) is 0 Å². The van der Waals surface area contributed by atoms with Crippen LogP contribution in [0.5, 0.6) is 5.75 Å². The summed E-state index contributed by atoms with van der Waals surface area (Å²) >= 11 is 1.87. The first kappa shape index (κ1) is 13.5. The largest absolute Gasteiger partial charge is 0.428 e. The van der Waals surface area contributed by atoms with E-state index in [-0.39, 0.29) is 17.6 Å². The molecule has 2 nitrogen and oxygen atoms in total. The van der Waals surface area contributed by atoms with Gasteiger partial charge in [-0.2, -0.15) is 0 Å². The third-order valence-corrected chi connectivity index (χ3v) is 3.57. The summed E-state index contributed by atoms with van der Waals surface area (Å²) in [7, 11) is 0. The molecule has 0 radical (unpaired) electrons. The fourth-order valence-corrected chi connectivity index (χ4v) is 2.23. The minimum absolute atomic E-state index is 0.0643. The third-order valence-electron chi connectivity index (χ3n) is 3.06. The van der Waals surface area contributed by atoms with Crippen molar-refractivity contribution in [2.75, 3.05) is 0 Å². The molecule has 0 bridgehead atoms. The number of benzene rings is 1. The van der Waals surface area contributed by atoms with Crippen LogP contribution in [0.2, 0.25) is 0 Å². The predicted octanol–water partition coefficient (Wildman–Crippen LogP) is 4.13. The number of carbonyl (C=O) groups excluding carboxylic acids is 1. The molecule has 0 aromatic heterocycles. The van der Waals surface area contributed by atoms with E-state index in [1.165, 1.54) is 5.56 Å². The second-order valence-electron chi connectivity index (χ2n) is 4.06. The van der Waals surface area contributed by atoms with Crippen LogP contribution in [-0.2, 0) is 4.79 Å². The molecule has 0 aliphatic heterocycles. The maximum absolute atomic E-state index is 11.4. The Labute approximate surface area is 111 Å². The van der Waals surface area contributed by atoms with E-state index in [1.54, 1.807) is 6.92 Å². The predicted molar refractivity (Wildman–Crippen MR) is 74.0 cm³/mol. The molecule has 0 aliphatic carbocycles. The van der Waals surface area contributed by atoms with Crippen LogP contribution in [0.1, 0.15) is 38.7 Å². The van der Waals surface area contributed by atoms with E-state index >= 15 is 0 Å². The van der Waals surface area contributed by atoms with Crippen LogP contribution in [0.4, 0.5) is 0 Å². The van der Waals surface area contributed by atoms with Gasteiger partial charge in [-0.1, -0.05) is 26.0 Å². The first-order chi connectivity index (χ1) is 7.60. The molecular weight excluding hydrogens is 315 g/mol. The van der Waals surface area contributed by atoms with Gasteiger partial charge in [-0.05, 0) is 37.0 Å². The normalized spacial score (nSPS) is 14.2. The molecule has 0 amide bonds. The SMILES string of the molecule is CCC(c1cccc(OI)c1)C(C)C(C)=O. The zero-order chi connectivity index (χ0) is 12.1. The number of hydrogen-bond donors (Lipinski definition) is 0. The Balaban J connectivity index is 2.98. The lowest BCUT2D eigenvalue weighted by Gasteiger charge is -2.21. The summed E-state index contributed by atoms with van der Waals surface area (Å²) in [6.07, 6.45) is 0.964. The molecule has 1 aromatic rings. The van der Waals surface area contributed by atoms with E-state index in [0.29, 0.717) is 0 Å². The highest BCUT2D eigenvalue weighted by molar-refractivity contribution is 14.1. The van der Waals surface area contributed by atoms with Crippen molar-refractivity contribution >= 4 is 28.8 Å². The Hall–Kier alpha value is -0.580. The minimum Gasteiger partial charge on any atom is -0.428 e. The van der Waals surface area contributed by atoms with Crippen molar-refractivity contribution in [3.63, 3.8) is 0 Å². The first-order valence-electron chi connectivity index (χ1n) is 5.49. The molecule has 0 fully saturated rings. The molecule has 0 heterocycles. The zero-order valence-corrected chi connectivity index (χ0v) is 12.0. The van der Waals surface area contributed by atoms with Crippen LogP contribution in [0.25, 0.3) is 0 Å². The maximum atomic E-state index is 11.4. The van der Waals surface area contributed by atoms with Crippen LogP contribution in [0.3, 0.4) is 0 Å². The highest BCUT2D eigenvalue weighted by Gasteiger charge is 2.21. The van der Waals surface area contributed by atoms with Crippen molar-refractivity contribution in [2.45, 2.75) is 33.1 Å². The van der Waals surface area contributed by atoms with Crippen molar-refractivity contribution in [2.24, 2.45) is 5.92 Å². The number of Topliss-reactive ketones (excluding diaryl/α,β-unsaturated/α-hetero) is 1. The van der Waals surface area contributed by atoms with Gasteiger partial charge in [-0.3, -0.25) is 4.79 Å². The Morgan fingerprint density at radius 3 is 2.69 bits per heavy atom. The average Bonchev–Trinajstić information content (AvgIpc) is 2.30. The van der Waals surface area contributed by atoms with Gasteiger partial charge in [0.2, 0.25) is 0 Å². The molecule has 1 rings (SSSR count).